The molecular weight excluding hydrogens is 510 g/mol. The van der Waals surface area contributed by atoms with Gasteiger partial charge in [0.25, 0.3) is 11.8 Å². The van der Waals surface area contributed by atoms with Gasteiger partial charge in [-0.2, -0.15) is 0 Å². The summed E-state index contributed by atoms with van der Waals surface area (Å²) in [5.41, 5.74) is 5.24. The average molecular weight is 536 g/mol. The highest BCUT2D eigenvalue weighted by Crippen LogP contribution is 2.36. The predicted octanol–water partition coefficient (Wildman–Crippen LogP) is 5.72. The zero-order chi connectivity index (χ0) is 28.4. The first-order chi connectivity index (χ1) is 19.2. The number of H-pyrrole nitrogens is 1. The van der Waals surface area contributed by atoms with Gasteiger partial charge in [0.1, 0.15) is 0 Å². The standard InChI is InChI=1S/C30H25N5O5/c1-16-24(31-17(2)26(16)29(38)39)15-23-22-12-11-21(14-25(22)35-28(23)37)34-30(40)33-20-10-6-9-19(13-20)32-27(36)18-7-4-3-5-8-18/h3-15,31H,1-2H3,(H,32,36)(H,35,37)(H,38,39)(H2,33,34,40). The lowest BCUT2D eigenvalue weighted by molar-refractivity contribution is -0.110. The van der Waals surface area contributed by atoms with Gasteiger partial charge in [0, 0.05) is 39.6 Å². The highest BCUT2D eigenvalue weighted by molar-refractivity contribution is 6.35. The van der Waals surface area contributed by atoms with Crippen molar-refractivity contribution in [2.24, 2.45) is 0 Å². The predicted molar refractivity (Wildman–Crippen MR) is 154 cm³/mol. The van der Waals surface area contributed by atoms with Crippen molar-refractivity contribution in [3.63, 3.8) is 0 Å². The number of anilines is 4. The fourth-order valence-electron chi connectivity index (χ4n) is 4.56. The van der Waals surface area contributed by atoms with Gasteiger partial charge in [0.15, 0.2) is 0 Å². The van der Waals surface area contributed by atoms with Crippen molar-refractivity contribution >= 4 is 58.2 Å². The number of nitrogens with one attached hydrogen (secondary N) is 5. The van der Waals surface area contributed by atoms with Crippen LogP contribution in [0.1, 0.15) is 43.2 Å². The fraction of sp³-hybridized carbons (Fsp3) is 0.0667. The lowest BCUT2D eigenvalue weighted by atomic mass is 10.0. The Balaban J connectivity index is 1.27. The minimum atomic E-state index is -1.04. The third kappa shape index (κ3) is 5.32. The number of carboxylic acids is 1. The molecule has 1 aliphatic rings. The van der Waals surface area contributed by atoms with Crippen molar-refractivity contribution in [1.82, 2.24) is 4.98 Å². The van der Waals surface area contributed by atoms with Gasteiger partial charge < -0.3 is 31.4 Å². The van der Waals surface area contributed by atoms with Crippen molar-refractivity contribution in [2.75, 3.05) is 21.3 Å². The van der Waals surface area contributed by atoms with Crippen LogP contribution in [-0.2, 0) is 4.79 Å². The molecule has 0 aliphatic carbocycles. The lowest BCUT2D eigenvalue weighted by Gasteiger charge is -2.11. The molecule has 0 unspecified atom stereocenters. The number of aromatic amines is 1. The molecule has 40 heavy (non-hydrogen) atoms. The average Bonchev–Trinajstić information content (AvgIpc) is 3.38. The van der Waals surface area contributed by atoms with Crippen LogP contribution in [0.4, 0.5) is 27.5 Å². The normalized spacial score (nSPS) is 12.9. The van der Waals surface area contributed by atoms with Crippen molar-refractivity contribution in [3.05, 3.63) is 106 Å². The third-order valence-electron chi connectivity index (χ3n) is 6.45. The molecule has 1 aliphatic heterocycles. The van der Waals surface area contributed by atoms with Gasteiger partial charge in [0.05, 0.1) is 16.8 Å². The van der Waals surface area contributed by atoms with E-state index < -0.39 is 12.0 Å². The van der Waals surface area contributed by atoms with Crippen LogP contribution in [0, 0.1) is 13.8 Å². The number of aromatic carboxylic acids is 1. The SMILES string of the molecule is Cc1[nH]c(C=C2C(=O)Nc3cc(NC(=O)Nc4cccc(NC(=O)c5ccccc5)c4)ccc32)c(C)c1C(=O)O. The zero-order valence-electron chi connectivity index (χ0n) is 21.6. The van der Waals surface area contributed by atoms with Crippen LogP contribution >= 0.6 is 0 Å². The summed E-state index contributed by atoms with van der Waals surface area (Å²) in [6, 6.07) is 20.1. The molecule has 0 fully saturated rings. The van der Waals surface area contributed by atoms with Crippen LogP contribution in [0.3, 0.4) is 0 Å². The van der Waals surface area contributed by atoms with Gasteiger partial charge in [-0.05, 0) is 68.0 Å². The molecule has 0 bridgehead atoms. The number of benzene rings is 3. The number of carbonyl (C=O) groups is 4. The number of carboxylic acid groups (broad SMARTS) is 1. The van der Waals surface area contributed by atoms with E-state index in [9.17, 15) is 24.3 Å². The van der Waals surface area contributed by atoms with Crippen molar-refractivity contribution in [1.29, 1.82) is 0 Å². The van der Waals surface area contributed by atoms with E-state index in [-0.39, 0.29) is 17.4 Å². The monoisotopic (exact) mass is 535 g/mol. The van der Waals surface area contributed by atoms with Crippen LogP contribution in [-0.4, -0.2) is 33.9 Å². The summed E-state index contributed by atoms with van der Waals surface area (Å²) in [4.78, 5) is 52.4. The van der Waals surface area contributed by atoms with Gasteiger partial charge >= 0.3 is 12.0 Å². The maximum Gasteiger partial charge on any atom is 0.337 e. The number of amides is 4. The fourth-order valence-corrected chi connectivity index (χ4v) is 4.56. The number of aryl methyl sites for hydroxylation is 1. The van der Waals surface area contributed by atoms with Crippen LogP contribution in [0.5, 0.6) is 0 Å². The topological polar surface area (TPSA) is 152 Å². The van der Waals surface area contributed by atoms with Gasteiger partial charge in [-0.25, -0.2) is 9.59 Å². The first kappa shape index (κ1) is 26.0. The number of hydrogen-bond acceptors (Lipinski definition) is 4. The number of rotatable bonds is 6. The van der Waals surface area contributed by atoms with Crippen LogP contribution < -0.4 is 21.3 Å². The molecule has 3 aromatic carbocycles. The number of hydrogen-bond donors (Lipinski definition) is 6. The van der Waals surface area contributed by atoms with E-state index in [0.717, 1.165) is 0 Å². The van der Waals surface area contributed by atoms with Crippen LogP contribution in [0.15, 0.2) is 72.8 Å². The van der Waals surface area contributed by atoms with Gasteiger partial charge in [-0.15, -0.1) is 0 Å². The number of fused-ring (bicyclic) bond motifs is 1. The Kier molecular flexibility index (Phi) is 6.90. The number of carbonyl (C=O) groups excluding carboxylic acids is 3. The van der Waals surface area contributed by atoms with Crippen LogP contribution in [0.2, 0.25) is 0 Å². The summed E-state index contributed by atoms with van der Waals surface area (Å²) in [5.74, 6) is -1.64. The molecule has 200 valence electrons. The Labute approximate surface area is 229 Å². The Morgan fingerprint density at radius 2 is 1.50 bits per heavy atom. The third-order valence-corrected chi connectivity index (χ3v) is 6.45. The van der Waals surface area contributed by atoms with E-state index in [1.165, 1.54) is 0 Å². The number of aromatic nitrogens is 1. The molecule has 6 N–H and O–H groups in total. The molecule has 4 amide bonds. The minimum Gasteiger partial charge on any atom is -0.478 e. The summed E-state index contributed by atoms with van der Waals surface area (Å²) < 4.78 is 0. The summed E-state index contributed by atoms with van der Waals surface area (Å²) >= 11 is 0. The maximum atomic E-state index is 12.7. The minimum absolute atomic E-state index is 0.181. The molecule has 0 saturated heterocycles. The smallest absolute Gasteiger partial charge is 0.337 e. The molecule has 0 spiro atoms. The van der Waals surface area contributed by atoms with E-state index in [4.69, 9.17) is 0 Å². The second kappa shape index (κ2) is 10.6. The van der Waals surface area contributed by atoms with E-state index in [1.54, 1.807) is 86.7 Å². The molecule has 0 saturated carbocycles. The highest BCUT2D eigenvalue weighted by Gasteiger charge is 2.26. The molecule has 1 aromatic heterocycles. The van der Waals surface area contributed by atoms with Crippen LogP contribution in [0.25, 0.3) is 11.6 Å². The van der Waals surface area contributed by atoms with E-state index in [1.807, 2.05) is 6.07 Å². The maximum absolute atomic E-state index is 12.7. The molecule has 10 heteroatoms. The Hall–Kier alpha value is -5.64. The molecule has 2 heterocycles. The Bertz CT molecular complexity index is 1700. The first-order valence-electron chi connectivity index (χ1n) is 12.3. The Morgan fingerprint density at radius 1 is 0.825 bits per heavy atom. The van der Waals surface area contributed by atoms with E-state index in [2.05, 4.69) is 26.3 Å². The summed E-state index contributed by atoms with van der Waals surface area (Å²) in [6.07, 6.45) is 1.62. The quantitative estimate of drug-likeness (QED) is 0.174. The van der Waals surface area contributed by atoms with E-state index >= 15 is 0 Å². The molecule has 4 aromatic rings. The molecule has 10 nitrogen and oxygen atoms in total. The first-order valence-corrected chi connectivity index (χ1v) is 12.3. The van der Waals surface area contributed by atoms with Gasteiger partial charge in [0.2, 0.25) is 0 Å². The van der Waals surface area contributed by atoms with Gasteiger partial charge in [-0.1, -0.05) is 30.3 Å². The largest absolute Gasteiger partial charge is 0.478 e. The summed E-state index contributed by atoms with van der Waals surface area (Å²) in [7, 11) is 0. The second-order valence-corrected chi connectivity index (χ2v) is 9.22. The molecular formula is C30H25N5O5. The highest BCUT2D eigenvalue weighted by atomic mass is 16.4. The molecule has 5 rings (SSSR count). The zero-order valence-corrected chi connectivity index (χ0v) is 21.6. The second-order valence-electron chi connectivity index (χ2n) is 9.22. The summed E-state index contributed by atoms with van der Waals surface area (Å²) in [5, 5.41) is 20.5. The Morgan fingerprint density at radius 3 is 2.17 bits per heavy atom. The van der Waals surface area contributed by atoms with Gasteiger partial charge in [-0.3, -0.25) is 9.59 Å². The lowest BCUT2D eigenvalue weighted by Crippen LogP contribution is -2.19. The summed E-state index contributed by atoms with van der Waals surface area (Å²) in [6.45, 7) is 3.35. The van der Waals surface area contributed by atoms with Crippen molar-refractivity contribution < 1.29 is 24.3 Å². The molecule has 0 atom stereocenters. The number of urea groups is 1. The molecule has 0 radical (unpaired) electrons. The van der Waals surface area contributed by atoms with Crippen molar-refractivity contribution in [3.8, 4) is 0 Å². The van der Waals surface area contributed by atoms with Crippen molar-refractivity contribution in [2.45, 2.75) is 13.8 Å². The van der Waals surface area contributed by atoms with E-state index in [0.29, 0.717) is 56.4 Å².